The van der Waals surface area contributed by atoms with Crippen molar-refractivity contribution in [3.63, 3.8) is 0 Å². The van der Waals surface area contributed by atoms with Crippen LogP contribution in [0.15, 0.2) is 0 Å². The highest BCUT2D eigenvalue weighted by Gasteiger charge is 2.36. The molecule has 0 aromatic carbocycles. The Bertz CT molecular complexity index is 227. The van der Waals surface area contributed by atoms with Crippen molar-refractivity contribution >= 4 is 5.78 Å². The number of hydrogen-bond donors (Lipinski definition) is 1. The summed E-state index contributed by atoms with van der Waals surface area (Å²) in [6, 6.07) is 0. The molecule has 2 heteroatoms. The van der Waals surface area contributed by atoms with Gasteiger partial charge < -0.3 is 5.11 Å². The standard InChI is InChI=1S/C13H24O2/c1-9-10(12(15)13(2,3)4)7-5-6-8-11(9)14/h9-11,14H,5-8H2,1-4H3. The first-order chi connectivity index (χ1) is 6.84. The number of carbonyl (C=O) groups is 1. The Morgan fingerprint density at radius 2 is 1.73 bits per heavy atom. The molecule has 88 valence electrons. The molecule has 0 radical (unpaired) electrons. The monoisotopic (exact) mass is 212 g/mol. The maximum absolute atomic E-state index is 12.2. The average molecular weight is 212 g/mol. The van der Waals surface area contributed by atoms with Gasteiger partial charge in [-0.3, -0.25) is 4.79 Å². The lowest BCUT2D eigenvalue weighted by atomic mass is 9.75. The predicted molar refractivity (Wildman–Crippen MR) is 61.6 cm³/mol. The van der Waals surface area contributed by atoms with Gasteiger partial charge in [-0.05, 0) is 18.8 Å². The van der Waals surface area contributed by atoms with Gasteiger partial charge in [0.05, 0.1) is 6.10 Å². The SMILES string of the molecule is CC1C(O)CCCCC1C(=O)C(C)(C)C. The molecule has 0 saturated heterocycles. The second kappa shape index (κ2) is 4.65. The Labute approximate surface area is 93.1 Å². The van der Waals surface area contributed by atoms with E-state index in [0.29, 0.717) is 5.78 Å². The molecule has 15 heavy (non-hydrogen) atoms. The van der Waals surface area contributed by atoms with Gasteiger partial charge in [0, 0.05) is 11.3 Å². The topological polar surface area (TPSA) is 37.3 Å². The van der Waals surface area contributed by atoms with Crippen LogP contribution in [0.3, 0.4) is 0 Å². The fourth-order valence-corrected chi connectivity index (χ4v) is 2.44. The molecule has 3 atom stereocenters. The van der Waals surface area contributed by atoms with Crippen LogP contribution in [0.2, 0.25) is 0 Å². The van der Waals surface area contributed by atoms with Crippen molar-refractivity contribution in [2.24, 2.45) is 17.3 Å². The molecule has 0 bridgehead atoms. The lowest BCUT2D eigenvalue weighted by molar-refractivity contribution is -0.133. The number of aliphatic hydroxyl groups is 1. The van der Waals surface area contributed by atoms with Gasteiger partial charge in [-0.25, -0.2) is 0 Å². The Morgan fingerprint density at radius 3 is 2.27 bits per heavy atom. The number of Topliss-reactive ketones (excluding diaryl/α,β-unsaturated/α-hetero) is 1. The van der Waals surface area contributed by atoms with E-state index in [-0.39, 0.29) is 23.4 Å². The van der Waals surface area contributed by atoms with Gasteiger partial charge in [0.1, 0.15) is 5.78 Å². The summed E-state index contributed by atoms with van der Waals surface area (Å²) in [4.78, 5) is 12.2. The summed E-state index contributed by atoms with van der Waals surface area (Å²) in [7, 11) is 0. The third kappa shape index (κ3) is 3.04. The van der Waals surface area contributed by atoms with Gasteiger partial charge in [-0.2, -0.15) is 0 Å². The van der Waals surface area contributed by atoms with E-state index < -0.39 is 0 Å². The predicted octanol–water partition coefficient (Wildman–Crippen LogP) is 2.79. The zero-order valence-electron chi connectivity index (χ0n) is 10.4. The number of rotatable bonds is 1. The van der Waals surface area contributed by atoms with Crippen molar-refractivity contribution in [3.05, 3.63) is 0 Å². The highest BCUT2D eigenvalue weighted by molar-refractivity contribution is 5.86. The van der Waals surface area contributed by atoms with Crippen molar-refractivity contribution < 1.29 is 9.90 Å². The second-order valence-corrected chi connectivity index (χ2v) is 5.93. The fraction of sp³-hybridized carbons (Fsp3) is 0.923. The van der Waals surface area contributed by atoms with Gasteiger partial charge in [0.15, 0.2) is 0 Å². The average Bonchev–Trinajstić information content (AvgIpc) is 2.28. The molecule has 1 saturated carbocycles. The van der Waals surface area contributed by atoms with Crippen molar-refractivity contribution in [2.45, 2.75) is 59.5 Å². The van der Waals surface area contributed by atoms with Gasteiger partial charge in [0.25, 0.3) is 0 Å². The molecule has 3 unspecified atom stereocenters. The molecule has 0 heterocycles. The molecule has 1 aliphatic rings. The highest BCUT2D eigenvalue weighted by Crippen LogP contribution is 2.34. The van der Waals surface area contributed by atoms with Gasteiger partial charge >= 0.3 is 0 Å². The third-order valence-corrected chi connectivity index (χ3v) is 3.58. The minimum Gasteiger partial charge on any atom is -0.393 e. The Kier molecular flexibility index (Phi) is 3.93. The van der Waals surface area contributed by atoms with Crippen LogP contribution in [0.4, 0.5) is 0 Å². The summed E-state index contributed by atoms with van der Waals surface area (Å²) < 4.78 is 0. The lowest BCUT2D eigenvalue weighted by Crippen LogP contribution is -2.35. The smallest absolute Gasteiger partial charge is 0.141 e. The van der Waals surface area contributed by atoms with Crippen LogP contribution < -0.4 is 0 Å². The van der Waals surface area contributed by atoms with E-state index in [1.165, 1.54) is 0 Å². The molecule has 2 nitrogen and oxygen atoms in total. The highest BCUT2D eigenvalue weighted by atomic mass is 16.3. The summed E-state index contributed by atoms with van der Waals surface area (Å²) in [6.45, 7) is 7.93. The molecular formula is C13H24O2. The lowest BCUT2D eigenvalue weighted by Gasteiger charge is -2.29. The molecule has 1 aliphatic carbocycles. The first-order valence-corrected chi connectivity index (χ1v) is 6.06. The molecule has 0 aromatic rings. The van der Waals surface area contributed by atoms with Gasteiger partial charge in [-0.15, -0.1) is 0 Å². The van der Waals surface area contributed by atoms with E-state index in [4.69, 9.17) is 0 Å². The van der Waals surface area contributed by atoms with E-state index in [2.05, 4.69) is 0 Å². The summed E-state index contributed by atoms with van der Waals surface area (Å²) >= 11 is 0. The molecular weight excluding hydrogens is 188 g/mol. The van der Waals surface area contributed by atoms with Crippen LogP contribution in [-0.4, -0.2) is 17.0 Å². The van der Waals surface area contributed by atoms with Crippen molar-refractivity contribution in [3.8, 4) is 0 Å². The van der Waals surface area contributed by atoms with Crippen LogP contribution in [0, 0.1) is 17.3 Å². The molecule has 0 spiro atoms. The largest absolute Gasteiger partial charge is 0.393 e. The van der Waals surface area contributed by atoms with Crippen LogP contribution in [0.1, 0.15) is 53.4 Å². The Hall–Kier alpha value is -0.370. The molecule has 0 amide bonds. The minimum absolute atomic E-state index is 0.0579. The van der Waals surface area contributed by atoms with Crippen molar-refractivity contribution in [2.75, 3.05) is 0 Å². The Morgan fingerprint density at radius 1 is 1.20 bits per heavy atom. The van der Waals surface area contributed by atoms with Crippen molar-refractivity contribution in [1.29, 1.82) is 0 Å². The summed E-state index contributed by atoms with van der Waals surface area (Å²) in [5.74, 6) is 0.498. The van der Waals surface area contributed by atoms with Crippen LogP contribution >= 0.6 is 0 Å². The summed E-state index contributed by atoms with van der Waals surface area (Å²) in [5.41, 5.74) is -0.275. The fourth-order valence-electron chi connectivity index (χ4n) is 2.44. The maximum Gasteiger partial charge on any atom is 0.141 e. The molecule has 1 rings (SSSR count). The van der Waals surface area contributed by atoms with Crippen LogP contribution in [0.25, 0.3) is 0 Å². The second-order valence-electron chi connectivity index (χ2n) is 5.93. The third-order valence-electron chi connectivity index (χ3n) is 3.58. The zero-order valence-corrected chi connectivity index (χ0v) is 10.4. The number of carbonyl (C=O) groups excluding carboxylic acids is 1. The molecule has 0 aliphatic heterocycles. The van der Waals surface area contributed by atoms with E-state index >= 15 is 0 Å². The van der Waals surface area contributed by atoms with Crippen LogP contribution in [-0.2, 0) is 4.79 Å². The maximum atomic E-state index is 12.2. The van der Waals surface area contributed by atoms with E-state index in [1.807, 2.05) is 27.7 Å². The number of aliphatic hydroxyl groups excluding tert-OH is 1. The first-order valence-electron chi connectivity index (χ1n) is 6.06. The summed E-state index contributed by atoms with van der Waals surface area (Å²) in [5, 5.41) is 9.89. The van der Waals surface area contributed by atoms with Crippen molar-refractivity contribution in [1.82, 2.24) is 0 Å². The van der Waals surface area contributed by atoms with Gasteiger partial charge in [-0.1, -0.05) is 40.5 Å². The Balaban J connectivity index is 2.78. The minimum atomic E-state index is -0.288. The molecule has 0 aromatic heterocycles. The van der Waals surface area contributed by atoms with E-state index in [9.17, 15) is 9.90 Å². The number of ketones is 1. The number of hydrogen-bond acceptors (Lipinski definition) is 2. The molecule has 1 N–H and O–H groups in total. The molecule has 1 fully saturated rings. The van der Waals surface area contributed by atoms with E-state index in [1.54, 1.807) is 0 Å². The normalized spacial score (nSPS) is 33.5. The summed E-state index contributed by atoms with van der Waals surface area (Å²) in [6.07, 6.45) is 3.65. The van der Waals surface area contributed by atoms with Gasteiger partial charge in [0.2, 0.25) is 0 Å². The van der Waals surface area contributed by atoms with Crippen LogP contribution in [0.5, 0.6) is 0 Å². The quantitative estimate of drug-likeness (QED) is 0.679. The first kappa shape index (κ1) is 12.7. The van der Waals surface area contributed by atoms with E-state index in [0.717, 1.165) is 25.7 Å². The zero-order chi connectivity index (χ0) is 11.6.